The van der Waals surface area contributed by atoms with Gasteiger partial charge < -0.3 is 0 Å². The normalized spacial score (nSPS) is 9.60. The van der Waals surface area contributed by atoms with E-state index in [1.54, 1.807) is 0 Å². The van der Waals surface area contributed by atoms with E-state index in [-0.39, 0.29) is 0 Å². The Kier molecular flexibility index (Phi) is 5.44. The van der Waals surface area contributed by atoms with E-state index in [9.17, 15) is 0 Å². The molecule has 0 saturated carbocycles. The predicted molar refractivity (Wildman–Crippen MR) is 83.2 cm³/mol. The molecule has 100 valence electrons. The van der Waals surface area contributed by atoms with E-state index in [0.717, 1.165) is 12.8 Å². The topological polar surface area (TPSA) is 48.8 Å². The second-order valence-electron chi connectivity index (χ2n) is 4.45. The molecule has 0 N–H and O–H groups in total. The Morgan fingerprint density at radius 2 is 1.50 bits per heavy atom. The molecule has 0 spiro atoms. The van der Waals surface area contributed by atoms with E-state index in [4.69, 9.17) is 5.53 Å². The fraction of sp³-hybridized carbons (Fsp3) is 0.176. The molecule has 0 aromatic heterocycles. The maximum Gasteiger partial charge on any atom is 0.0260 e. The lowest BCUT2D eigenvalue weighted by atomic mass is 9.96. The summed E-state index contributed by atoms with van der Waals surface area (Å²) in [5.41, 5.74) is 11.9. The zero-order chi connectivity index (χ0) is 14.0. The van der Waals surface area contributed by atoms with Crippen LogP contribution in [0.25, 0.3) is 16.0 Å². The number of hydrogen-bond acceptors (Lipinski definition) is 1. The van der Waals surface area contributed by atoms with E-state index < -0.39 is 0 Å². The van der Waals surface area contributed by atoms with Gasteiger partial charge in [0.05, 0.1) is 0 Å². The molecule has 0 aliphatic heterocycles. The first-order valence-corrected chi connectivity index (χ1v) is 6.73. The van der Waals surface area contributed by atoms with Gasteiger partial charge in [-0.25, -0.2) is 0 Å². The molecule has 0 amide bonds. The van der Waals surface area contributed by atoms with Crippen molar-refractivity contribution < 1.29 is 0 Å². The number of unbranched alkanes of at least 4 members (excludes halogenated alkanes) is 1. The van der Waals surface area contributed by atoms with Crippen molar-refractivity contribution in [3.8, 4) is 0 Å². The predicted octanol–water partition coefficient (Wildman–Crippen LogP) is 5.21. The van der Waals surface area contributed by atoms with Crippen LogP contribution in [0.15, 0.2) is 71.9 Å². The van der Waals surface area contributed by atoms with Gasteiger partial charge in [-0.15, -0.1) is 0 Å². The van der Waals surface area contributed by atoms with Crippen molar-refractivity contribution in [3.63, 3.8) is 0 Å². The lowest BCUT2D eigenvalue weighted by molar-refractivity contribution is 0.849. The van der Waals surface area contributed by atoms with Crippen LogP contribution in [0.4, 0.5) is 0 Å². The highest BCUT2D eigenvalue weighted by atomic mass is 15.1. The number of hydrogen-bond donors (Lipinski definition) is 0. The van der Waals surface area contributed by atoms with Crippen LogP contribution in [-0.4, -0.2) is 6.54 Å². The van der Waals surface area contributed by atoms with Gasteiger partial charge in [-0.3, -0.25) is 0 Å². The van der Waals surface area contributed by atoms with Gasteiger partial charge in [-0.2, -0.15) is 0 Å². The van der Waals surface area contributed by atoms with Crippen LogP contribution >= 0.6 is 0 Å². The summed E-state index contributed by atoms with van der Waals surface area (Å²) in [6.45, 7) is 0.545. The van der Waals surface area contributed by atoms with Gasteiger partial charge in [0.15, 0.2) is 0 Å². The standard InChI is InChI=1S/C17H17N3/c18-20-19-14-8-7-13-17(15-9-3-1-4-10-15)16-11-5-2-6-12-16/h1-6,9-13H,7-8,14H2. The van der Waals surface area contributed by atoms with E-state index >= 15 is 0 Å². The van der Waals surface area contributed by atoms with Gasteiger partial charge in [0.1, 0.15) is 0 Å². The smallest absolute Gasteiger partial charge is 0.0260 e. The number of rotatable bonds is 6. The van der Waals surface area contributed by atoms with Gasteiger partial charge in [-0.1, -0.05) is 71.9 Å². The van der Waals surface area contributed by atoms with Crippen molar-refractivity contribution in [2.75, 3.05) is 6.54 Å². The van der Waals surface area contributed by atoms with Crippen LogP contribution in [0.2, 0.25) is 0 Å². The summed E-state index contributed by atoms with van der Waals surface area (Å²) in [6, 6.07) is 20.7. The molecule has 2 aromatic rings. The summed E-state index contributed by atoms with van der Waals surface area (Å²) in [5, 5.41) is 3.57. The molecule has 0 saturated heterocycles. The molecule has 3 nitrogen and oxygen atoms in total. The summed E-state index contributed by atoms with van der Waals surface area (Å²) < 4.78 is 0. The molecule has 0 aliphatic rings. The molecule has 0 fully saturated rings. The van der Waals surface area contributed by atoms with Crippen LogP contribution in [0.5, 0.6) is 0 Å². The molecular formula is C17H17N3. The van der Waals surface area contributed by atoms with Gasteiger partial charge >= 0.3 is 0 Å². The van der Waals surface area contributed by atoms with Gasteiger partial charge in [-0.05, 0) is 35.1 Å². The molecule has 20 heavy (non-hydrogen) atoms. The minimum Gasteiger partial charge on any atom is -0.0940 e. The molecular weight excluding hydrogens is 246 g/mol. The van der Waals surface area contributed by atoms with E-state index in [2.05, 4.69) is 40.4 Å². The Balaban J connectivity index is 2.21. The molecule has 2 aromatic carbocycles. The Bertz CT molecular complexity index is 555. The van der Waals surface area contributed by atoms with Crippen LogP contribution < -0.4 is 0 Å². The third kappa shape index (κ3) is 4.01. The molecule has 3 heteroatoms. The third-order valence-electron chi connectivity index (χ3n) is 3.04. The quantitative estimate of drug-likeness (QED) is 0.297. The Morgan fingerprint density at radius 1 is 0.950 bits per heavy atom. The van der Waals surface area contributed by atoms with Crippen LogP contribution in [0.1, 0.15) is 24.0 Å². The van der Waals surface area contributed by atoms with Gasteiger partial charge in [0, 0.05) is 11.5 Å². The number of benzene rings is 2. The minimum atomic E-state index is 0.545. The highest BCUT2D eigenvalue weighted by molar-refractivity contribution is 5.79. The fourth-order valence-corrected chi connectivity index (χ4v) is 2.09. The summed E-state index contributed by atoms with van der Waals surface area (Å²) in [6.07, 6.45) is 3.99. The zero-order valence-corrected chi connectivity index (χ0v) is 11.3. The summed E-state index contributed by atoms with van der Waals surface area (Å²) in [7, 11) is 0. The van der Waals surface area contributed by atoms with E-state index in [0.29, 0.717) is 6.54 Å². The van der Waals surface area contributed by atoms with Crippen molar-refractivity contribution in [3.05, 3.63) is 88.3 Å². The van der Waals surface area contributed by atoms with Crippen molar-refractivity contribution in [1.82, 2.24) is 0 Å². The van der Waals surface area contributed by atoms with E-state index in [1.165, 1.54) is 16.7 Å². The lowest BCUT2D eigenvalue weighted by Gasteiger charge is -2.08. The van der Waals surface area contributed by atoms with Crippen molar-refractivity contribution >= 4 is 5.57 Å². The Hall–Kier alpha value is -2.51. The summed E-state index contributed by atoms with van der Waals surface area (Å²) in [5.74, 6) is 0. The monoisotopic (exact) mass is 263 g/mol. The Labute approximate surface area is 119 Å². The molecule has 0 bridgehead atoms. The first-order chi connectivity index (χ1) is 9.92. The minimum absolute atomic E-state index is 0.545. The van der Waals surface area contributed by atoms with Crippen molar-refractivity contribution in [1.29, 1.82) is 0 Å². The average Bonchev–Trinajstić information content (AvgIpc) is 2.53. The Morgan fingerprint density at radius 3 is 2.00 bits per heavy atom. The SMILES string of the molecule is [N-]=[N+]=NCCCC=C(c1ccccc1)c1ccccc1. The summed E-state index contributed by atoms with van der Waals surface area (Å²) >= 11 is 0. The van der Waals surface area contributed by atoms with Crippen LogP contribution in [0, 0.1) is 0 Å². The zero-order valence-electron chi connectivity index (χ0n) is 11.3. The molecule has 0 heterocycles. The molecule has 0 unspecified atom stereocenters. The van der Waals surface area contributed by atoms with Crippen molar-refractivity contribution in [2.24, 2.45) is 5.11 Å². The number of allylic oxidation sites excluding steroid dienone is 1. The molecule has 0 aliphatic carbocycles. The van der Waals surface area contributed by atoms with Gasteiger partial charge in [0.2, 0.25) is 0 Å². The number of nitrogens with zero attached hydrogens (tertiary/aromatic N) is 3. The van der Waals surface area contributed by atoms with Gasteiger partial charge in [0.25, 0.3) is 0 Å². The maximum atomic E-state index is 8.27. The van der Waals surface area contributed by atoms with Crippen LogP contribution in [-0.2, 0) is 0 Å². The highest BCUT2D eigenvalue weighted by Crippen LogP contribution is 2.23. The highest BCUT2D eigenvalue weighted by Gasteiger charge is 2.03. The average molecular weight is 263 g/mol. The first-order valence-electron chi connectivity index (χ1n) is 6.73. The maximum absolute atomic E-state index is 8.27. The second kappa shape index (κ2) is 7.82. The summed E-state index contributed by atoms with van der Waals surface area (Å²) in [4.78, 5) is 2.77. The van der Waals surface area contributed by atoms with E-state index in [1.807, 2.05) is 36.4 Å². The molecule has 0 atom stereocenters. The van der Waals surface area contributed by atoms with Crippen molar-refractivity contribution in [2.45, 2.75) is 12.8 Å². The third-order valence-corrected chi connectivity index (χ3v) is 3.04. The molecule has 0 radical (unpaired) electrons. The first kappa shape index (κ1) is 13.9. The lowest BCUT2D eigenvalue weighted by Crippen LogP contribution is -1.88. The second-order valence-corrected chi connectivity index (χ2v) is 4.45. The fourth-order valence-electron chi connectivity index (χ4n) is 2.09. The largest absolute Gasteiger partial charge is 0.0940 e. The number of azide groups is 1. The van der Waals surface area contributed by atoms with Crippen LogP contribution in [0.3, 0.4) is 0 Å². The molecule has 2 rings (SSSR count).